The molecule has 0 radical (unpaired) electrons. The van der Waals surface area contributed by atoms with Crippen molar-refractivity contribution in [2.24, 2.45) is 0 Å². The van der Waals surface area contributed by atoms with E-state index in [-0.39, 0.29) is 0 Å². The van der Waals surface area contributed by atoms with Gasteiger partial charge in [0, 0.05) is 9.26 Å². The molecule has 0 spiro atoms. The van der Waals surface area contributed by atoms with Crippen molar-refractivity contribution < 1.29 is 14.7 Å². The zero-order valence-electron chi connectivity index (χ0n) is 9.94. The summed E-state index contributed by atoms with van der Waals surface area (Å²) in [6.07, 6.45) is 1.11. The first-order valence-corrected chi connectivity index (χ1v) is 6.66. The Morgan fingerprint density at radius 2 is 2.17 bits per heavy atom. The van der Waals surface area contributed by atoms with Crippen molar-refractivity contribution in [1.82, 2.24) is 5.32 Å². The minimum Gasteiger partial charge on any atom is -0.480 e. The Bertz CT molecular complexity index is 437. The van der Waals surface area contributed by atoms with Gasteiger partial charge in [0.2, 0.25) is 0 Å². The molecule has 3 N–H and O–H groups in total. The van der Waals surface area contributed by atoms with Crippen molar-refractivity contribution in [3.8, 4) is 0 Å². The maximum Gasteiger partial charge on any atom is 0.326 e. The average molecular weight is 362 g/mol. The van der Waals surface area contributed by atoms with Crippen LogP contribution in [0.25, 0.3) is 0 Å². The molecule has 0 aliphatic rings. The first-order valence-electron chi connectivity index (χ1n) is 5.58. The van der Waals surface area contributed by atoms with Crippen LogP contribution >= 0.6 is 22.6 Å². The summed E-state index contributed by atoms with van der Waals surface area (Å²) in [5, 5.41) is 14.0. The first-order chi connectivity index (χ1) is 8.52. The molecule has 1 atom stereocenters. The maximum atomic E-state index is 11.6. The van der Waals surface area contributed by atoms with Crippen LogP contribution in [0.1, 0.15) is 19.8 Å². The van der Waals surface area contributed by atoms with Crippen LogP contribution in [0.4, 0.5) is 10.5 Å². The molecule has 0 saturated heterocycles. The van der Waals surface area contributed by atoms with E-state index in [4.69, 9.17) is 5.11 Å². The molecule has 0 fully saturated rings. The molecular weight excluding hydrogens is 347 g/mol. The summed E-state index contributed by atoms with van der Waals surface area (Å²) in [6, 6.07) is 5.92. The quantitative estimate of drug-likeness (QED) is 0.705. The minimum absolute atomic E-state index is 0.412. The van der Waals surface area contributed by atoms with Crippen molar-refractivity contribution >= 4 is 40.3 Å². The van der Waals surface area contributed by atoms with Crippen LogP contribution < -0.4 is 10.6 Å². The SMILES string of the molecule is CCCC(NC(=O)Nc1cccc(I)c1)C(=O)O. The summed E-state index contributed by atoms with van der Waals surface area (Å²) in [7, 11) is 0. The first kappa shape index (κ1) is 14.7. The molecule has 5 nitrogen and oxygen atoms in total. The second-order valence-corrected chi connectivity index (χ2v) is 5.03. The molecule has 0 saturated carbocycles. The predicted molar refractivity (Wildman–Crippen MR) is 77.6 cm³/mol. The zero-order valence-corrected chi connectivity index (χ0v) is 12.1. The van der Waals surface area contributed by atoms with Gasteiger partial charge in [0.15, 0.2) is 0 Å². The van der Waals surface area contributed by atoms with Gasteiger partial charge in [-0.15, -0.1) is 0 Å². The number of halogens is 1. The Morgan fingerprint density at radius 3 is 2.72 bits per heavy atom. The van der Waals surface area contributed by atoms with Crippen molar-refractivity contribution in [1.29, 1.82) is 0 Å². The number of benzene rings is 1. The van der Waals surface area contributed by atoms with Gasteiger partial charge in [-0.1, -0.05) is 19.4 Å². The number of urea groups is 1. The van der Waals surface area contributed by atoms with Gasteiger partial charge in [-0.2, -0.15) is 0 Å². The molecule has 0 aliphatic heterocycles. The Kier molecular flexibility index (Phi) is 5.90. The molecule has 0 heterocycles. The van der Waals surface area contributed by atoms with E-state index in [9.17, 15) is 9.59 Å². The number of hydrogen-bond acceptors (Lipinski definition) is 2. The number of nitrogens with one attached hydrogen (secondary N) is 2. The van der Waals surface area contributed by atoms with Crippen molar-refractivity contribution in [2.45, 2.75) is 25.8 Å². The monoisotopic (exact) mass is 362 g/mol. The molecule has 98 valence electrons. The lowest BCUT2D eigenvalue weighted by atomic mass is 10.2. The number of amides is 2. The fourth-order valence-corrected chi connectivity index (χ4v) is 1.98. The largest absolute Gasteiger partial charge is 0.480 e. The number of carbonyl (C=O) groups is 2. The highest BCUT2D eigenvalue weighted by Crippen LogP contribution is 2.12. The van der Waals surface area contributed by atoms with Gasteiger partial charge in [-0.25, -0.2) is 9.59 Å². The number of anilines is 1. The van der Waals surface area contributed by atoms with E-state index in [0.29, 0.717) is 18.5 Å². The van der Waals surface area contributed by atoms with Crippen molar-refractivity contribution in [3.63, 3.8) is 0 Å². The highest BCUT2D eigenvalue weighted by Gasteiger charge is 2.18. The number of rotatable bonds is 5. The third kappa shape index (κ3) is 4.91. The maximum absolute atomic E-state index is 11.6. The molecule has 2 amide bonds. The number of carbonyl (C=O) groups excluding carboxylic acids is 1. The molecule has 1 unspecified atom stereocenters. The van der Waals surface area contributed by atoms with E-state index in [1.165, 1.54) is 0 Å². The van der Waals surface area contributed by atoms with Crippen molar-refractivity contribution in [2.75, 3.05) is 5.32 Å². The fourth-order valence-electron chi connectivity index (χ4n) is 1.44. The van der Waals surface area contributed by atoms with E-state index in [1.807, 2.05) is 19.1 Å². The Balaban J connectivity index is 2.57. The standard InChI is InChI=1S/C12H15IN2O3/c1-2-4-10(11(16)17)15-12(18)14-9-6-3-5-8(13)7-9/h3,5-7,10H,2,4H2,1H3,(H,16,17)(H2,14,15,18). The van der Waals surface area contributed by atoms with Gasteiger partial charge in [0.25, 0.3) is 0 Å². The van der Waals surface area contributed by atoms with Gasteiger partial charge in [0.1, 0.15) is 6.04 Å². The summed E-state index contributed by atoms with van der Waals surface area (Å²) in [5.41, 5.74) is 0.639. The number of hydrogen-bond donors (Lipinski definition) is 3. The van der Waals surface area contributed by atoms with Crippen LogP contribution in [0.2, 0.25) is 0 Å². The smallest absolute Gasteiger partial charge is 0.326 e. The third-order valence-electron chi connectivity index (χ3n) is 2.26. The molecule has 1 aromatic rings. The summed E-state index contributed by atoms with van der Waals surface area (Å²) in [6.45, 7) is 1.87. The second kappa shape index (κ2) is 7.20. The number of aliphatic carboxylic acids is 1. The lowest BCUT2D eigenvalue weighted by Gasteiger charge is -2.14. The van der Waals surface area contributed by atoms with Crippen LogP contribution in [-0.2, 0) is 4.79 Å². The molecule has 0 aliphatic carbocycles. The van der Waals surface area contributed by atoms with Gasteiger partial charge in [-0.05, 0) is 47.2 Å². The molecule has 0 bridgehead atoms. The van der Waals surface area contributed by atoms with Gasteiger partial charge >= 0.3 is 12.0 Å². The summed E-state index contributed by atoms with van der Waals surface area (Å²) in [4.78, 5) is 22.5. The number of carboxylic acids is 1. The summed E-state index contributed by atoms with van der Waals surface area (Å²) < 4.78 is 0.994. The van der Waals surface area contributed by atoms with E-state index in [2.05, 4.69) is 33.2 Å². The Morgan fingerprint density at radius 1 is 1.44 bits per heavy atom. The van der Waals surface area contributed by atoms with E-state index >= 15 is 0 Å². The second-order valence-electron chi connectivity index (χ2n) is 3.79. The summed E-state index contributed by atoms with van der Waals surface area (Å²) in [5.74, 6) is -1.02. The highest BCUT2D eigenvalue weighted by molar-refractivity contribution is 14.1. The average Bonchev–Trinajstić information content (AvgIpc) is 2.28. The zero-order chi connectivity index (χ0) is 13.5. The third-order valence-corrected chi connectivity index (χ3v) is 2.93. The summed E-state index contributed by atoms with van der Waals surface area (Å²) >= 11 is 2.14. The van der Waals surface area contributed by atoms with Crippen LogP contribution in [0, 0.1) is 3.57 Å². The normalized spacial score (nSPS) is 11.7. The molecule has 1 rings (SSSR count). The van der Waals surface area contributed by atoms with Crippen molar-refractivity contribution in [3.05, 3.63) is 27.8 Å². The van der Waals surface area contributed by atoms with Crippen LogP contribution in [0.3, 0.4) is 0 Å². The highest BCUT2D eigenvalue weighted by atomic mass is 127. The Hall–Kier alpha value is -1.31. The molecule has 1 aromatic carbocycles. The topological polar surface area (TPSA) is 78.4 Å². The van der Waals surface area contributed by atoms with Crippen LogP contribution in [0.5, 0.6) is 0 Å². The predicted octanol–water partition coefficient (Wildman–Crippen LogP) is 2.67. The molecular formula is C12H15IN2O3. The lowest BCUT2D eigenvalue weighted by Crippen LogP contribution is -2.42. The van der Waals surface area contributed by atoms with E-state index in [1.54, 1.807) is 12.1 Å². The van der Waals surface area contributed by atoms with Gasteiger partial charge < -0.3 is 15.7 Å². The van der Waals surface area contributed by atoms with Gasteiger partial charge in [-0.3, -0.25) is 0 Å². The minimum atomic E-state index is -1.02. The fraction of sp³-hybridized carbons (Fsp3) is 0.333. The van der Waals surface area contributed by atoms with E-state index in [0.717, 1.165) is 3.57 Å². The van der Waals surface area contributed by atoms with Crippen LogP contribution in [0.15, 0.2) is 24.3 Å². The van der Waals surface area contributed by atoms with Gasteiger partial charge in [0.05, 0.1) is 0 Å². The molecule has 6 heteroatoms. The van der Waals surface area contributed by atoms with E-state index < -0.39 is 18.0 Å². The molecule has 0 aromatic heterocycles. The Labute approximate surface area is 119 Å². The number of carboxylic acid groups (broad SMARTS) is 1. The van der Waals surface area contributed by atoms with Crippen LogP contribution in [-0.4, -0.2) is 23.1 Å². The molecule has 18 heavy (non-hydrogen) atoms. The lowest BCUT2D eigenvalue weighted by molar-refractivity contribution is -0.139.